The van der Waals surface area contributed by atoms with Crippen LogP contribution in [0.3, 0.4) is 0 Å². The summed E-state index contributed by atoms with van der Waals surface area (Å²) in [6.45, 7) is -0.761. The topological polar surface area (TPSA) is 140 Å². The van der Waals surface area contributed by atoms with Crippen LogP contribution in [0.4, 0.5) is 0 Å². The molecule has 1 aromatic carbocycles. The predicted octanol–water partition coefficient (Wildman–Crippen LogP) is 3.21. The molecule has 3 N–H and O–H groups in total. The van der Waals surface area contributed by atoms with Gasteiger partial charge in [-0.15, -0.1) is 0 Å². The van der Waals surface area contributed by atoms with Gasteiger partial charge >= 0.3 is 5.97 Å². The molecule has 1 amide bonds. The quantitative estimate of drug-likeness (QED) is 0.410. The zero-order valence-electron chi connectivity index (χ0n) is 22.2. The number of aliphatic carboxylic acids is 1. The van der Waals surface area contributed by atoms with Gasteiger partial charge < -0.3 is 20.2 Å². The number of carboxylic acid groups (broad SMARTS) is 1. The van der Waals surface area contributed by atoms with Crippen molar-refractivity contribution >= 4 is 28.6 Å². The first-order chi connectivity index (χ1) is 18.9. The van der Waals surface area contributed by atoms with E-state index in [2.05, 4.69) is 15.0 Å². The number of carboxylic acids is 1. The minimum Gasteiger partial charge on any atom is -0.479 e. The summed E-state index contributed by atoms with van der Waals surface area (Å²) in [4.78, 5) is 49.2. The van der Waals surface area contributed by atoms with E-state index in [1.807, 2.05) is 18.2 Å². The lowest BCUT2D eigenvalue weighted by Crippen LogP contribution is -2.58. The van der Waals surface area contributed by atoms with Crippen LogP contribution in [0.2, 0.25) is 0 Å². The lowest BCUT2D eigenvalue weighted by molar-refractivity contribution is -0.142. The van der Waals surface area contributed by atoms with Gasteiger partial charge in [-0.1, -0.05) is 43.0 Å². The highest BCUT2D eigenvalue weighted by Gasteiger charge is 2.45. The number of carbonyl (C=O) groups excluding carboxylic acids is 1. The number of carbonyl (C=O) groups is 2. The second-order valence-corrected chi connectivity index (χ2v) is 11.9. The number of amides is 1. The maximum atomic E-state index is 14.0. The van der Waals surface area contributed by atoms with Gasteiger partial charge in [0.05, 0.1) is 11.0 Å². The number of nitrogens with zero attached hydrogens (tertiary/aromatic N) is 4. The molecular formula is C29H37N5O5. The smallest absolute Gasteiger partial charge is 0.344 e. The van der Waals surface area contributed by atoms with Crippen molar-refractivity contribution in [2.75, 3.05) is 6.61 Å². The Balaban J connectivity index is 1.35. The van der Waals surface area contributed by atoms with Crippen molar-refractivity contribution in [1.82, 2.24) is 14.5 Å². The zero-order chi connectivity index (χ0) is 27.1. The van der Waals surface area contributed by atoms with E-state index in [0.717, 1.165) is 37.5 Å². The summed E-state index contributed by atoms with van der Waals surface area (Å²) in [5.41, 5.74) is 5.69. The second kappa shape index (κ2) is 10.7. The fraction of sp³-hybridized carbons (Fsp3) is 0.621. The fourth-order valence-corrected chi connectivity index (χ4v) is 8.16. The number of piperidine rings is 2. The highest BCUT2D eigenvalue weighted by atomic mass is 16.6. The molecule has 2 aliphatic heterocycles. The summed E-state index contributed by atoms with van der Waals surface area (Å²) in [6.07, 6.45) is 13.4. The Morgan fingerprint density at radius 1 is 0.949 bits per heavy atom. The largest absolute Gasteiger partial charge is 0.479 e. The van der Waals surface area contributed by atoms with E-state index >= 15 is 0 Å². The van der Waals surface area contributed by atoms with Gasteiger partial charge in [0.15, 0.2) is 11.4 Å². The van der Waals surface area contributed by atoms with E-state index in [-0.39, 0.29) is 11.7 Å². The van der Waals surface area contributed by atoms with E-state index < -0.39 is 29.8 Å². The molecule has 6 rings (SSSR count). The molecule has 4 aliphatic rings. The summed E-state index contributed by atoms with van der Waals surface area (Å²) in [6, 6.07) is 8.85. The van der Waals surface area contributed by atoms with Gasteiger partial charge in [0.2, 0.25) is 6.61 Å². The molecule has 2 unspecified atom stereocenters. The summed E-state index contributed by atoms with van der Waals surface area (Å²) in [5, 5.41) is 12.5. The number of aromatic nitrogens is 2. The first kappa shape index (κ1) is 26.0. The molecule has 2 aliphatic carbocycles. The van der Waals surface area contributed by atoms with Gasteiger partial charge in [-0.05, 0) is 68.9 Å². The molecular weight excluding hydrogens is 498 g/mol. The molecule has 0 radical (unpaired) electrons. The molecule has 39 heavy (non-hydrogen) atoms. The third-order valence-corrected chi connectivity index (χ3v) is 9.49. The Hall–Kier alpha value is -3.27. The molecule has 4 fully saturated rings. The van der Waals surface area contributed by atoms with Crippen LogP contribution in [0, 0.1) is 11.8 Å². The molecule has 2 saturated carbocycles. The maximum Gasteiger partial charge on any atom is 0.344 e. The summed E-state index contributed by atoms with van der Waals surface area (Å²) < 4.78 is 1.78. The Labute approximate surface area is 227 Å². The van der Waals surface area contributed by atoms with Crippen LogP contribution < -0.4 is 11.3 Å². The molecule has 2 saturated heterocycles. The number of nitrogens with two attached hydrogens (primary N) is 1. The summed E-state index contributed by atoms with van der Waals surface area (Å²) in [7, 11) is 0. The first-order valence-electron chi connectivity index (χ1n) is 14.4. The number of hydrogen-bond acceptors (Lipinski definition) is 7. The van der Waals surface area contributed by atoms with Crippen LogP contribution in [0.25, 0.3) is 11.0 Å². The standard InChI is InChI=1S/C29H37N5O5/c30-28(37)26(32-39-16-25(35)36)27-29(38)34(24-10-2-1-9-23(24)31-27)22-14-19-7-4-8-20(15-22)33(19)21-12-17-5-3-6-18(11-17)13-21/h1-2,9-10,17-22H,3-8,11-16H2,(H2,30,37)(H,35,36)/t17-,18+,19-,20+,21?,22?. The van der Waals surface area contributed by atoms with Crippen molar-refractivity contribution in [1.29, 1.82) is 0 Å². The number of rotatable bonds is 7. The number of hydrogen-bond donors (Lipinski definition) is 2. The van der Waals surface area contributed by atoms with Crippen molar-refractivity contribution in [2.45, 2.75) is 94.8 Å². The molecule has 1 aromatic heterocycles. The Morgan fingerprint density at radius 2 is 1.62 bits per heavy atom. The molecule has 4 bridgehead atoms. The average molecular weight is 536 g/mol. The van der Waals surface area contributed by atoms with E-state index in [1.165, 1.54) is 44.9 Å². The molecule has 0 spiro atoms. The van der Waals surface area contributed by atoms with Crippen LogP contribution in [0.15, 0.2) is 34.2 Å². The monoisotopic (exact) mass is 535 g/mol. The average Bonchev–Trinajstić information content (AvgIpc) is 2.90. The van der Waals surface area contributed by atoms with Gasteiger partial charge in [-0.2, -0.15) is 0 Å². The van der Waals surface area contributed by atoms with E-state index in [4.69, 9.17) is 15.7 Å². The lowest BCUT2D eigenvalue weighted by Gasteiger charge is -2.55. The third kappa shape index (κ3) is 5.06. The Morgan fingerprint density at radius 3 is 2.28 bits per heavy atom. The molecule has 208 valence electrons. The number of oxime groups is 1. The van der Waals surface area contributed by atoms with Gasteiger partial charge in [0, 0.05) is 24.2 Å². The fourth-order valence-electron chi connectivity index (χ4n) is 8.16. The van der Waals surface area contributed by atoms with Crippen LogP contribution in [-0.2, 0) is 14.4 Å². The first-order valence-corrected chi connectivity index (χ1v) is 14.4. The van der Waals surface area contributed by atoms with Gasteiger partial charge in [-0.25, -0.2) is 9.78 Å². The predicted molar refractivity (Wildman–Crippen MR) is 145 cm³/mol. The minimum absolute atomic E-state index is 0.0483. The lowest BCUT2D eigenvalue weighted by atomic mass is 9.68. The van der Waals surface area contributed by atoms with E-state index in [0.29, 0.717) is 29.2 Å². The maximum absolute atomic E-state index is 14.0. The molecule has 6 atom stereocenters. The van der Waals surface area contributed by atoms with Crippen LogP contribution in [0.5, 0.6) is 0 Å². The van der Waals surface area contributed by atoms with Gasteiger partial charge in [0.1, 0.15) is 0 Å². The molecule has 10 nitrogen and oxygen atoms in total. The number of para-hydroxylation sites is 2. The third-order valence-electron chi connectivity index (χ3n) is 9.49. The van der Waals surface area contributed by atoms with Crippen LogP contribution in [0.1, 0.15) is 82.4 Å². The van der Waals surface area contributed by atoms with Gasteiger partial charge in [-0.3, -0.25) is 14.5 Å². The van der Waals surface area contributed by atoms with Crippen molar-refractivity contribution < 1.29 is 19.5 Å². The Bertz CT molecular complexity index is 1330. The summed E-state index contributed by atoms with van der Waals surface area (Å²) >= 11 is 0. The molecule has 10 heteroatoms. The van der Waals surface area contributed by atoms with Crippen LogP contribution in [-0.4, -0.2) is 61.9 Å². The highest BCUT2D eigenvalue weighted by molar-refractivity contribution is 6.44. The summed E-state index contributed by atoms with van der Waals surface area (Å²) in [5.74, 6) is -0.525. The van der Waals surface area contributed by atoms with E-state index in [9.17, 15) is 14.4 Å². The van der Waals surface area contributed by atoms with Crippen molar-refractivity contribution in [2.24, 2.45) is 22.7 Å². The normalized spacial score (nSPS) is 31.1. The highest BCUT2D eigenvalue weighted by Crippen LogP contribution is 2.47. The number of primary amides is 1. The van der Waals surface area contributed by atoms with Crippen molar-refractivity contribution in [3.05, 3.63) is 40.3 Å². The number of fused-ring (bicyclic) bond motifs is 5. The molecule has 3 heterocycles. The zero-order valence-corrected chi connectivity index (χ0v) is 22.2. The van der Waals surface area contributed by atoms with Crippen molar-refractivity contribution in [3.8, 4) is 0 Å². The Kier molecular flexibility index (Phi) is 7.14. The van der Waals surface area contributed by atoms with Gasteiger partial charge in [0.25, 0.3) is 11.5 Å². The minimum atomic E-state index is -1.26. The second-order valence-electron chi connectivity index (χ2n) is 11.9. The van der Waals surface area contributed by atoms with Crippen LogP contribution >= 0.6 is 0 Å². The van der Waals surface area contributed by atoms with E-state index in [1.54, 1.807) is 10.6 Å². The van der Waals surface area contributed by atoms with Crippen molar-refractivity contribution in [3.63, 3.8) is 0 Å². The molecule has 2 aromatic rings. The SMILES string of the molecule is NC(=O)C(=NOCC(=O)O)c1nc2ccccc2n(C2C[C@H]3CCC[C@@H](C2)N3C2C[C@H]3CCC[C@@H](C2)C3)c1=O. The number of benzene rings is 1.